The summed E-state index contributed by atoms with van der Waals surface area (Å²) in [7, 11) is 0. The molecule has 17 heavy (non-hydrogen) atoms. The molecule has 0 saturated carbocycles. The van der Waals surface area contributed by atoms with E-state index in [1.165, 1.54) is 4.90 Å². The molecular weight excluding hydrogens is 230 g/mol. The van der Waals surface area contributed by atoms with Crippen molar-refractivity contribution in [2.45, 2.75) is 44.4 Å². The lowest BCUT2D eigenvalue weighted by molar-refractivity contribution is -0.139. The van der Waals surface area contributed by atoms with Crippen LogP contribution in [0.25, 0.3) is 0 Å². The molecule has 0 radical (unpaired) electrons. The van der Waals surface area contributed by atoms with Crippen molar-refractivity contribution < 1.29 is 18.3 Å². The summed E-state index contributed by atoms with van der Waals surface area (Å²) in [6.45, 7) is 4.24. The number of hydrogen-bond donors (Lipinski definition) is 1. The van der Waals surface area contributed by atoms with E-state index in [0.717, 1.165) is 0 Å². The van der Waals surface area contributed by atoms with E-state index in [1.807, 2.05) is 13.8 Å². The van der Waals surface area contributed by atoms with E-state index in [9.17, 15) is 13.6 Å². The molecule has 2 fully saturated rings. The molecule has 0 aromatic carbocycles. The van der Waals surface area contributed by atoms with E-state index in [0.29, 0.717) is 6.61 Å². The highest BCUT2D eigenvalue weighted by molar-refractivity contribution is 5.82. The van der Waals surface area contributed by atoms with Gasteiger partial charge in [0.05, 0.1) is 6.61 Å². The molecule has 0 spiro atoms. The Morgan fingerprint density at radius 1 is 1.35 bits per heavy atom. The minimum atomic E-state index is -2.62. The molecule has 4 nitrogen and oxygen atoms in total. The van der Waals surface area contributed by atoms with Crippen LogP contribution < -0.4 is 5.32 Å². The van der Waals surface area contributed by atoms with Gasteiger partial charge in [-0.2, -0.15) is 0 Å². The molecule has 2 aliphatic heterocycles. The number of alkyl halides is 2. The molecule has 0 aliphatic carbocycles. The maximum Gasteiger partial charge on any atom is 0.251 e. The van der Waals surface area contributed by atoms with Gasteiger partial charge in [0, 0.05) is 25.9 Å². The summed E-state index contributed by atoms with van der Waals surface area (Å²) in [6.07, 6.45) is -0.481. The lowest BCUT2D eigenvalue weighted by Crippen LogP contribution is -2.52. The van der Waals surface area contributed by atoms with E-state index < -0.39 is 17.7 Å². The Morgan fingerprint density at radius 2 is 1.94 bits per heavy atom. The average Bonchev–Trinajstić information content (AvgIpc) is 2.58. The number of carbonyl (C=O) groups is 1. The van der Waals surface area contributed by atoms with Gasteiger partial charge in [-0.15, -0.1) is 0 Å². The molecular formula is C11H18F2N2O2. The zero-order chi connectivity index (χ0) is 12.7. The van der Waals surface area contributed by atoms with Gasteiger partial charge in [0.2, 0.25) is 5.91 Å². The fraction of sp³-hybridized carbons (Fsp3) is 0.909. The van der Waals surface area contributed by atoms with Gasteiger partial charge in [0.15, 0.2) is 0 Å². The second-order valence-corrected chi connectivity index (χ2v) is 5.20. The Hall–Kier alpha value is -0.750. The molecule has 2 rings (SSSR count). The molecule has 1 atom stereocenters. The zero-order valence-electron chi connectivity index (χ0n) is 10.1. The van der Waals surface area contributed by atoms with Gasteiger partial charge in [-0.1, -0.05) is 0 Å². The Morgan fingerprint density at radius 3 is 2.41 bits per heavy atom. The molecule has 1 N–H and O–H groups in total. The van der Waals surface area contributed by atoms with Crippen LogP contribution in [0, 0.1) is 0 Å². The van der Waals surface area contributed by atoms with E-state index in [1.54, 1.807) is 0 Å². The summed E-state index contributed by atoms with van der Waals surface area (Å²) in [5, 5.41) is 3.05. The first-order chi connectivity index (χ1) is 7.79. The largest absolute Gasteiger partial charge is 0.359 e. The van der Waals surface area contributed by atoms with Gasteiger partial charge in [0.1, 0.15) is 11.8 Å². The van der Waals surface area contributed by atoms with Crippen LogP contribution in [0.15, 0.2) is 0 Å². The molecule has 2 saturated heterocycles. The second kappa shape index (κ2) is 4.17. The van der Waals surface area contributed by atoms with Gasteiger partial charge >= 0.3 is 0 Å². The van der Waals surface area contributed by atoms with Crippen LogP contribution in [0.3, 0.4) is 0 Å². The van der Waals surface area contributed by atoms with Crippen molar-refractivity contribution in [2.75, 3.05) is 19.7 Å². The van der Waals surface area contributed by atoms with Crippen LogP contribution in [-0.2, 0) is 9.53 Å². The predicted molar refractivity (Wildman–Crippen MR) is 57.7 cm³/mol. The number of amides is 1. The van der Waals surface area contributed by atoms with Crippen molar-refractivity contribution in [1.82, 2.24) is 10.2 Å². The number of piperidine rings is 1. The maximum absolute atomic E-state index is 13.0. The zero-order valence-corrected chi connectivity index (χ0v) is 10.1. The van der Waals surface area contributed by atoms with Crippen LogP contribution >= 0.6 is 0 Å². The molecule has 0 aromatic rings. The third kappa shape index (κ3) is 2.93. The molecule has 6 heteroatoms. The Kier molecular flexibility index (Phi) is 3.12. The fourth-order valence-corrected chi connectivity index (χ4v) is 2.20. The number of ether oxygens (including phenoxy) is 1. The first-order valence-electron chi connectivity index (χ1n) is 5.87. The van der Waals surface area contributed by atoms with Gasteiger partial charge in [-0.05, 0) is 13.8 Å². The van der Waals surface area contributed by atoms with Crippen LogP contribution in [0.2, 0.25) is 0 Å². The summed E-state index contributed by atoms with van der Waals surface area (Å²) >= 11 is 0. The van der Waals surface area contributed by atoms with E-state index in [4.69, 9.17) is 4.74 Å². The van der Waals surface area contributed by atoms with E-state index in [-0.39, 0.29) is 31.8 Å². The normalized spacial score (nSPS) is 31.5. The standard InChI is InChI=1S/C11H18F2N2O2/c1-10(2)14-8(7-17-10)9(16)15-5-3-11(12,13)4-6-15/h8,14H,3-7H2,1-2H3/t8-/m0/s1. The summed E-state index contributed by atoms with van der Waals surface area (Å²) in [5.41, 5.74) is -0.514. The smallest absolute Gasteiger partial charge is 0.251 e. The van der Waals surface area contributed by atoms with Crippen LogP contribution in [0.4, 0.5) is 8.78 Å². The quantitative estimate of drug-likeness (QED) is 0.751. The lowest BCUT2D eigenvalue weighted by Gasteiger charge is -2.33. The van der Waals surface area contributed by atoms with Crippen LogP contribution in [0.1, 0.15) is 26.7 Å². The molecule has 98 valence electrons. The fourth-order valence-electron chi connectivity index (χ4n) is 2.20. The summed E-state index contributed by atoms with van der Waals surface area (Å²) in [5.74, 6) is -2.75. The van der Waals surface area contributed by atoms with E-state index >= 15 is 0 Å². The lowest BCUT2D eigenvalue weighted by atomic mass is 10.1. The summed E-state index contributed by atoms with van der Waals surface area (Å²) < 4.78 is 31.3. The maximum atomic E-state index is 13.0. The van der Waals surface area contributed by atoms with Crippen molar-refractivity contribution in [3.63, 3.8) is 0 Å². The minimum Gasteiger partial charge on any atom is -0.359 e. The van der Waals surface area contributed by atoms with Crippen LogP contribution in [0.5, 0.6) is 0 Å². The minimum absolute atomic E-state index is 0.129. The highest BCUT2D eigenvalue weighted by atomic mass is 19.3. The molecule has 1 amide bonds. The second-order valence-electron chi connectivity index (χ2n) is 5.20. The summed E-state index contributed by atoms with van der Waals surface area (Å²) in [6, 6.07) is -0.406. The topological polar surface area (TPSA) is 41.6 Å². The Balaban J connectivity index is 1.90. The van der Waals surface area contributed by atoms with Gasteiger partial charge < -0.3 is 9.64 Å². The third-order valence-corrected chi connectivity index (χ3v) is 3.24. The van der Waals surface area contributed by atoms with Crippen molar-refractivity contribution in [2.24, 2.45) is 0 Å². The van der Waals surface area contributed by atoms with Crippen molar-refractivity contribution in [1.29, 1.82) is 0 Å². The first-order valence-corrected chi connectivity index (χ1v) is 5.87. The average molecular weight is 248 g/mol. The number of halogens is 2. The van der Waals surface area contributed by atoms with E-state index in [2.05, 4.69) is 5.32 Å². The third-order valence-electron chi connectivity index (χ3n) is 3.24. The number of carbonyl (C=O) groups excluding carboxylic acids is 1. The van der Waals surface area contributed by atoms with Crippen LogP contribution in [-0.4, -0.2) is 48.2 Å². The van der Waals surface area contributed by atoms with Crippen molar-refractivity contribution in [3.05, 3.63) is 0 Å². The number of nitrogens with one attached hydrogen (secondary N) is 1. The number of likely N-dealkylation sites (tertiary alicyclic amines) is 1. The number of rotatable bonds is 1. The van der Waals surface area contributed by atoms with Gasteiger partial charge in [0.25, 0.3) is 5.92 Å². The van der Waals surface area contributed by atoms with Crippen molar-refractivity contribution >= 4 is 5.91 Å². The predicted octanol–water partition coefficient (Wildman–Crippen LogP) is 0.969. The molecule has 2 heterocycles. The first kappa shape index (κ1) is 12.7. The Bertz CT molecular complexity index is 311. The number of nitrogens with zero attached hydrogens (tertiary/aromatic N) is 1. The summed E-state index contributed by atoms with van der Waals surface area (Å²) in [4.78, 5) is 13.5. The molecule has 0 aromatic heterocycles. The molecule has 2 aliphatic rings. The number of hydrogen-bond acceptors (Lipinski definition) is 3. The van der Waals surface area contributed by atoms with Gasteiger partial charge in [-0.3, -0.25) is 10.1 Å². The highest BCUT2D eigenvalue weighted by Gasteiger charge is 2.41. The van der Waals surface area contributed by atoms with Crippen molar-refractivity contribution in [3.8, 4) is 0 Å². The monoisotopic (exact) mass is 248 g/mol. The highest BCUT2D eigenvalue weighted by Crippen LogP contribution is 2.28. The van der Waals surface area contributed by atoms with Gasteiger partial charge in [-0.25, -0.2) is 8.78 Å². The SMILES string of the molecule is CC1(C)N[C@H](C(=O)N2CCC(F)(F)CC2)CO1. The molecule has 0 unspecified atom stereocenters. The Labute approximate surface area is 99.3 Å². The molecule has 0 bridgehead atoms.